The normalized spacial score (nSPS) is 11.5. The second-order valence-electron chi connectivity index (χ2n) is 5.33. The van der Waals surface area contributed by atoms with Gasteiger partial charge in [0, 0.05) is 6.54 Å². The monoisotopic (exact) mass is 495 g/mol. The molecule has 0 aliphatic heterocycles. The van der Waals surface area contributed by atoms with Gasteiger partial charge < -0.3 is 20.5 Å². The molecule has 0 radical (unpaired) electrons. The molecule has 0 bridgehead atoms. The Labute approximate surface area is 172 Å². The van der Waals surface area contributed by atoms with E-state index in [1.165, 1.54) is 24.3 Å². The van der Waals surface area contributed by atoms with Gasteiger partial charge in [-0.1, -0.05) is 24.3 Å². The highest BCUT2D eigenvalue weighted by molar-refractivity contribution is 14.0. The smallest absolute Gasteiger partial charge is 0.494 e. The minimum absolute atomic E-state index is 0. The lowest BCUT2D eigenvalue weighted by atomic mass is 10.2. The van der Waals surface area contributed by atoms with Crippen LogP contribution in [0.3, 0.4) is 0 Å². The molecule has 9 heteroatoms. The number of halogens is 4. The van der Waals surface area contributed by atoms with E-state index < -0.39 is 6.36 Å². The van der Waals surface area contributed by atoms with Crippen LogP contribution >= 0.6 is 24.0 Å². The lowest BCUT2D eigenvalue weighted by Crippen LogP contribution is -2.31. The van der Waals surface area contributed by atoms with Crippen molar-refractivity contribution in [3.05, 3.63) is 59.7 Å². The van der Waals surface area contributed by atoms with E-state index in [0.29, 0.717) is 19.7 Å². The van der Waals surface area contributed by atoms with Crippen LogP contribution in [0.5, 0.6) is 11.5 Å². The average Bonchev–Trinajstić information content (AvgIpc) is 2.59. The number of guanidine groups is 1. The number of benzene rings is 2. The molecule has 0 fully saturated rings. The molecule has 148 valence electrons. The Bertz CT molecular complexity index is 737. The number of hydrogen-bond acceptors (Lipinski definition) is 3. The van der Waals surface area contributed by atoms with Gasteiger partial charge in [-0.25, -0.2) is 4.99 Å². The lowest BCUT2D eigenvalue weighted by molar-refractivity contribution is -0.274. The highest BCUT2D eigenvalue weighted by Gasteiger charge is 2.30. The van der Waals surface area contributed by atoms with Crippen molar-refractivity contribution in [2.75, 3.05) is 6.61 Å². The van der Waals surface area contributed by atoms with E-state index in [1.807, 2.05) is 31.2 Å². The van der Waals surface area contributed by atoms with Gasteiger partial charge in [-0.3, -0.25) is 0 Å². The number of aliphatic imine (C=N–C) groups is 1. The fourth-order valence-electron chi connectivity index (χ4n) is 2.13. The van der Waals surface area contributed by atoms with Crippen molar-refractivity contribution in [3.8, 4) is 11.5 Å². The molecule has 0 atom stereocenters. The fourth-order valence-corrected chi connectivity index (χ4v) is 2.13. The third-order valence-corrected chi connectivity index (χ3v) is 3.27. The Balaban J connectivity index is 0.00000364. The van der Waals surface area contributed by atoms with Crippen LogP contribution in [0.15, 0.2) is 53.5 Å². The molecule has 0 unspecified atom stereocenters. The molecule has 2 aromatic carbocycles. The first-order valence-corrected chi connectivity index (χ1v) is 7.96. The van der Waals surface area contributed by atoms with Crippen LogP contribution in [-0.4, -0.2) is 18.9 Å². The van der Waals surface area contributed by atoms with Crippen LogP contribution in [0.4, 0.5) is 13.2 Å². The number of hydrogen-bond donors (Lipinski definition) is 2. The molecular formula is C18H21F3IN3O2. The molecule has 0 aliphatic carbocycles. The Kier molecular flexibility index (Phi) is 9.19. The topological polar surface area (TPSA) is 68.9 Å². The van der Waals surface area contributed by atoms with Crippen LogP contribution < -0.4 is 20.5 Å². The summed E-state index contributed by atoms with van der Waals surface area (Å²) in [5.41, 5.74) is 7.51. The van der Waals surface area contributed by atoms with Gasteiger partial charge in [0.1, 0.15) is 11.5 Å². The maximum absolute atomic E-state index is 12.1. The van der Waals surface area contributed by atoms with Crippen molar-refractivity contribution in [2.45, 2.75) is 26.4 Å². The minimum atomic E-state index is -4.70. The average molecular weight is 495 g/mol. The molecular weight excluding hydrogens is 474 g/mol. The van der Waals surface area contributed by atoms with E-state index in [1.54, 1.807) is 0 Å². The molecule has 0 aliphatic rings. The van der Waals surface area contributed by atoms with Crippen LogP contribution in [-0.2, 0) is 13.1 Å². The van der Waals surface area contributed by atoms with Crippen molar-refractivity contribution in [2.24, 2.45) is 10.7 Å². The third kappa shape index (κ3) is 8.85. The van der Waals surface area contributed by atoms with Gasteiger partial charge in [-0.15, -0.1) is 37.1 Å². The Morgan fingerprint density at radius 3 is 2.41 bits per heavy atom. The van der Waals surface area contributed by atoms with E-state index in [4.69, 9.17) is 10.5 Å². The summed E-state index contributed by atoms with van der Waals surface area (Å²) in [6, 6.07) is 13.1. The van der Waals surface area contributed by atoms with Crippen molar-refractivity contribution in [3.63, 3.8) is 0 Å². The summed E-state index contributed by atoms with van der Waals surface area (Å²) in [6.07, 6.45) is -4.70. The van der Waals surface area contributed by atoms with Crippen LogP contribution in [0.2, 0.25) is 0 Å². The molecule has 5 nitrogen and oxygen atoms in total. The number of alkyl halides is 3. The number of nitrogens with zero attached hydrogens (tertiary/aromatic N) is 1. The predicted octanol–water partition coefficient (Wildman–Crippen LogP) is 4.21. The van der Waals surface area contributed by atoms with E-state index >= 15 is 0 Å². The van der Waals surface area contributed by atoms with Crippen molar-refractivity contribution in [1.29, 1.82) is 0 Å². The molecule has 0 heterocycles. The summed E-state index contributed by atoms with van der Waals surface area (Å²) < 4.78 is 45.6. The van der Waals surface area contributed by atoms with Gasteiger partial charge in [-0.05, 0) is 42.3 Å². The van der Waals surface area contributed by atoms with Crippen LogP contribution in [0, 0.1) is 0 Å². The quantitative estimate of drug-likeness (QED) is 0.343. The predicted molar refractivity (Wildman–Crippen MR) is 108 cm³/mol. The molecule has 3 N–H and O–H groups in total. The van der Waals surface area contributed by atoms with Gasteiger partial charge >= 0.3 is 6.36 Å². The summed E-state index contributed by atoms with van der Waals surface area (Å²) in [5, 5.41) is 2.91. The highest BCUT2D eigenvalue weighted by atomic mass is 127. The molecule has 0 spiro atoms. The standard InChI is InChI=1S/C18H20F3N3O2.HI/c1-2-25-16-5-3-4-14(10-16)12-24-17(22)23-11-13-6-8-15(9-7-13)26-18(19,20)21;/h3-10H,2,11-12H2,1H3,(H3,22,23,24);1H. The summed E-state index contributed by atoms with van der Waals surface area (Å²) in [7, 11) is 0. The third-order valence-electron chi connectivity index (χ3n) is 3.27. The van der Waals surface area contributed by atoms with Gasteiger partial charge in [0.25, 0.3) is 0 Å². The first kappa shape index (κ1) is 22.9. The van der Waals surface area contributed by atoms with Crippen LogP contribution in [0.1, 0.15) is 18.1 Å². The Morgan fingerprint density at radius 1 is 1.07 bits per heavy atom. The van der Waals surface area contributed by atoms with Gasteiger partial charge in [0.2, 0.25) is 0 Å². The summed E-state index contributed by atoms with van der Waals surface area (Å²) in [6.45, 7) is 3.22. The van der Waals surface area contributed by atoms with Crippen molar-refractivity contribution >= 4 is 29.9 Å². The molecule has 0 saturated carbocycles. The number of nitrogens with one attached hydrogen (secondary N) is 1. The second kappa shape index (κ2) is 10.9. The van der Waals surface area contributed by atoms with Gasteiger partial charge in [0.15, 0.2) is 5.96 Å². The molecule has 0 aromatic heterocycles. The molecule has 0 saturated heterocycles. The minimum Gasteiger partial charge on any atom is -0.494 e. The largest absolute Gasteiger partial charge is 0.573 e. The van der Waals surface area contributed by atoms with E-state index in [-0.39, 0.29) is 35.7 Å². The second-order valence-corrected chi connectivity index (χ2v) is 5.33. The first-order valence-electron chi connectivity index (χ1n) is 7.96. The molecule has 2 rings (SSSR count). The van der Waals surface area contributed by atoms with Gasteiger partial charge in [-0.2, -0.15) is 0 Å². The zero-order chi connectivity index (χ0) is 19.0. The van der Waals surface area contributed by atoms with E-state index in [9.17, 15) is 13.2 Å². The SMILES string of the molecule is CCOc1cccc(CN=C(N)NCc2ccc(OC(F)(F)F)cc2)c1.I. The summed E-state index contributed by atoms with van der Waals surface area (Å²) in [4.78, 5) is 4.23. The molecule has 2 aromatic rings. The number of nitrogens with two attached hydrogens (primary N) is 1. The van der Waals surface area contributed by atoms with Crippen molar-refractivity contribution in [1.82, 2.24) is 5.32 Å². The van der Waals surface area contributed by atoms with E-state index in [2.05, 4.69) is 15.0 Å². The van der Waals surface area contributed by atoms with Crippen LogP contribution in [0.25, 0.3) is 0 Å². The maximum Gasteiger partial charge on any atom is 0.573 e. The Hall–Kier alpha value is -2.17. The molecule has 27 heavy (non-hydrogen) atoms. The lowest BCUT2D eigenvalue weighted by Gasteiger charge is -2.10. The fraction of sp³-hybridized carbons (Fsp3) is 0.278. The van der Waals surface area contributed by atoms with Crippen molar-refractivity contribution < 1.29 is 22.6 Å². The highest BCUT2D eigenvalue weighted by Crippen LogP contribution is 2.22. The van der Waals surface area contributed by atoms with Gasteiger partial charge in [0.05, 0.1) is 13.2 Å². The number of ether oxygens (including phenoxy) is 2. The Morgan fingerprint density at radius 2 is 1.78 bits per heavy atom. The summed E-state index contributed by atoms with van der Waals surface area (Å²) >= 11 is 0. The number of rotatable bonds is 7. The summed E-state index contributed by atoms with van der Waals surface area (Å²) in [5.74, 6) is 0.743. The molecule has 0 amide bonds. The zero-order valence-corrected chi connectivity index (χ0v) is 17.0. The zero-order valence-electron chi connectivity index (χ0n) is 14.6. The van der Waals surface area contributed by atoms with E-state index in [0.717, 1.165) is 16.9 Å². The maximum atomic E-state index is 12.1. The first-order chi connectivity index (χ1) is 12.4.